The Balaban J connectivity index is 1.93. The number of hydrogen-bond acceptors (Lipinski definition) is 4. The Hall–Kier alpha value is -1.40. The average Bonchev–Trinajstić information content (AvgIpc) is 2.98. The van der Waals surface area contributed by atoms with E-state index in [-0.39, 0.29) is 0 Å². The first-order valence-corrected chi connectivity index (χ1v) is 8.69. The van der Waals surface area contributed by atoms with Gasteiger partial charge in [0, 0.05) is 6.54 Å². The van der Waals surface area contributed by atoms with Crippen molar-refractivity contribution in [1.82, 2.24) is 4.72 Å². The highest BCUT2D eigenvalue weighted by Crippen LogP contribution is 2.31. The first kappa shape index (κ1) is 16.0. The van der Waals surface area contributed by atoms with Gasteiger partial charge in [0.25, 0.3) is 0 Å². The quantitative estimate of drug-likeness (QED) is 0.808. The molecule has 0 spiro atoms. The van der Waals surface area contributed by atoms with E-state index in [9.17, 15) is 13.2 Å². The van der Waals surface area contributed by atoms with Crippen molar-refractivity contribution in [3.63, 3.8) is 0 Å². The van der Waals surface area contributed by atoms with E-state index >= 15 is 0 Å². The van der Waals surface area contributed by atoms with Gasteiger partial charge in [0.15, 0.2) is 0 Å². The molecule has 21 heavy (non-hydrogen) atoms. The third kappa shape index (κ3) is 4.04. The molecule has 2 atom stereocenters. The van der Waals surface area contributed by atoms with Crippen molar-refractivity contribution in [2.24, 2.45) is 5.92 Å². The fourth-order valence-electron chi connectivity index (χ4n) is 2.81. The normalized spacial score (nSPS) is 22.1. The molecular formula is C15H21NO4S. The summed E-state index contributed by atoms with van der Waals surface area (Å²) in [5, 5.41) is -0.666. The zero-order chi connectivity index (χ0) is 15.3. The molecule has 0 aromatic heterocycles. The number of hydrogen-bond donors (Lipinski definition) is 1. The van der Waals surface area contributed by atoms with Crippen molar-refractivity contribution < 1.29 is 17.9 Å². The molecule has 0 aliphatic heterocycles. The minimum absolute atomic E-state index is 0.344. The average molecular weight is 311 g/mol. The monoisotopic (exact) mass is 311 g/mol. The van der Waals surface area contributed by atoms with Crippen molar-refractivity contribution in [1.29, 1.82) is 0 Å². The number of sulfonamides is 1. The SMILES string of the molecule is COC(=O)C1CCCC1S(=O)(=O)NCCc1ccccc1. The van der Waals surface area contributed by atoms with E-state index in [0.29, 0.717) is 25.8 Å². The van der Waals surface area contributed by atoms with Gasteiger partial charge < -0.3 is 4.74 Å². The van der Waals surface area contributed by atoms with Crippen LogP contribution in [-0.4, -0.2) is 33.3 Å². The second-order valence-electron chi connectivity index (χ2n) is 5.27. The molecular weight excluding hydrogens is 290 g/mol. The molecule has 2 unspecified atom stereocenters. The smallest absolute Gasteiger partial charge is 0.310 e. The van der Waals surface area contributed by atoms with Crippen LogP contribution < -0.4 is 4.72 Å². The molecule has 1 aliphatic carbocycles. The summed E-state index contributed by atoms with van der Waals surface area (Å²) in [6.07, 6.45) is 2.47. The zero-order valence-corrected chi connectivity index (χ0v) is 12.9. The van der Waals surface area contributed by atoms with E-state index in [0.717, 1.165) is 12.0 Å². The first-order chi connectivity index (χ1) is 10.0. The second kappa shape index (κ2) is 7.04. The van der Waals surface area contributed by atoms with Crippen LogP contribution in [0.25, 0.3) is 0 Å². The third-order valence-corrected chi connectivity index (χ3v) is 5.88. The molecule has 116 valence electrons. The van der Waals surface area contributed by atoms with Crippen molar-refractivity contribution >= 4 is 16.0 Å². The number of methoxy groups -OCH3 is 1. The second-order valence-corrected chi connectivity index (χ2v) is 7.26. The Morgan fingerprint density at radius 3 is 2.67 bits per heavy atom. The number of ether oxygens (including phenoxy) is 1. The predicted molar refractivity (Wildman–Crippen MR) is 80.2 cm³/mol. The van der Waals surface area contributed by atoms with Crippen LogP contribution in [0.5, 0.6) is 0 Å². The lowest BCUT2D eigenvalue weighted by Gasteiger charge is -2.18. The van der Waals surface area contributed by atoms with E-state index in [1.807, 2.05) is 30.3 Å². The zero-order valence-electron chi connectivity index (χ0n) is 12.1. The maximum atomic E-state index is 12.3. The summed E-state index contributed by atoms with van der Waals surface area (Å²) in [6, 6.07) is 9.69. The van der Waals surface area contributed by atoms with E-state index in [1.165, 1.54) is 7.11 Å². The van der Waals surface area contributed by atoms with E-state index in [2.05, 4.69) is 4.72 Å². The Bertz CT molecular complexity index is 571. The largest absolute Gasteiger partial charge is 0.469 e. The summed E-state index contributed by atoms with van der Waals surface area (Å²) in [5.74, 6) is -0.963. The lowest BCUT2D eigenvalue weighted by molar-refractivity contribution is -0.145. The number of nitrogens with one attached hydrogen (secondary N) is 1. The Morgan fingerprint density at radius 1 is 1.29 bits per heavy atom. The Labute approximate surface area is 125 Å². The molecule has 0 radical (unpaired) electrons. The van der Waals surface area contributed by atoms with Gasteiger partial charge in [-0.05, 0) is 24.8 Å². The van der Waals surface area contributed by atoms with Crippen LogP contribution in [0.3, 0.4) is 0 Å². The maximum Gasteiger partial charge on any atom is 0.310 e. The molecule has 0 heterocycles. The lowest BCUT2D eigenvalue weighted by atomic mass is 10.1. The Kier molecular flexibility index (Phi) is 5.36. The highest BCUT2D eigenvalue weighted by Gasteiger charge is 2.41. The van der Waals surface area contributed by atoms with Gasteiger partial charge in [0.05, 0.1) is 18.3 Å². The highest BCUT2D eigenvalue weighted by molar-refractivity contribution is 7.90. The number of carbonyl (C=O) groups excluding carboxylic acids is 1. The molecule has 0 saturated heterocycles. The fourth-order valence-corrected chi connectivity index (χ4v) is 4.57. The van der Waals surface area contributed by atoms with Crippen LogP contribution in [0, 0.1) is 5.92 Å². The van der Waals surface area contributed by atoms with Crippen LogP contribution in [0.4, 0.5) is 0 Å². The molecule has 0 amide bonds. The van der Waals surface area contributed by atoms with Gasteiger partial charge in [-0.15, -0.1) is 0 Å². The molecule has 6 heteroatoms. The molecule has 1 aromatic carbocycles. The van der Waals surface area contributed by atoms with E-state index < -0.39 is 27.2 Å². The van der Waals surface area contributed by atoms with E-state index in [1.54, 1.807) is 0 Å². The molecule has 1 fully saturated rings. The molecule has 5 nitrogen and oxygen atoms in total. The summed E-state index contributed by atoms with van der Waals surface area (Å²) >= 11 is 0. The summed E-state index contributed by atoms with van der Waals surface area (Å²) < 4.78 is 32.0. The van der Waals surface area contributed by atoms with Crippen LogP contribution in [0.2, 0.25) is 0 Å². The predicted octanol–water partition coefficient (Wildman–Crippen LogP) is 1.49. The van der Waals surface area contributed by atoms with Gasteiger partial charge >= 0.3 is 5.97 Å². The molecule has 1 aromatic rings. The minimum atomic E-state index is -3.49. The number of rotatable bonds is 6. The third-order valence-electron chi connectivity index (χ3n) is 3.91. The minimum Gasteiger partial charge on any atom is -0.469 e. The van der Waals surface area contributed by atoms with Crippen molar-refractivity contribution in [2.75, 3.05) is 13.7 Å². The molecule has 1 saturated carbocycles. The molecule has 0 bridgehead atoms. The summed E-state index contributed by atoms with van der Waals surface area (Å²) in [6.45, 7) is 0.344. The summed E-state index contributed by atoms with van der Waals surface area (Å²) in [4.78, 5) is 11.7. The standard InChI is InChI=1S/C15H21NO4S/c1-20-15(17)13-8-5-9-14(13)21(18,19)16-11-10-12-6-3-2-4-7-12/h2-4,6-7,13-14,16H,5,8-11H2,1H3. The van der Waals surface area contributed by atoms with Crippen molar-refractivity contribution in [3.05, 3.63) is 35.9 Å². The van der Waals surface area contributed by atoms with Gasteiger partial charge in [-0.3, -0.25) is 4.79 Å². The van der Waals surface area contributed by atoms with Crippen molar-refractivity contribution in [3.8, 4) is 0 Å². The fraction of sp³-hybridized carbons (Fsp3) is 0.533. The van der Waals surface area contributed by atoms with Crippen LogP contribution in [-0.2, 0) is 26.0 Å². The molecule has 2 rings (SSSR count). The summed E-state index contributed by atoms with van der Waals surface area (Å²) in [7, 11) is -2.19. The maximum absolute atomic E-state index is 12.3. The van der Waals surface area contributed by atoms with Crippen molar-refractivity contribution in [2.45, 2.75) is 30.9 Å². The number of carbonyl (C=O) groups is 1. The number of benzene rings is 1. The van der Waals surface area contributed by atoms with Crippen LogP contribution in [0.15, 0.2) is 30.3 Å². The van der Waals surface area contributed by atoms with Gasteiger partial charge in [-0.2, -0.15) is 0 Å². The highest BCUT2D eigenvalue weighted by atomic mass is 32.2. The Morgan fingerprint density at radius 2 is 2.00 bits per heavy atom. The lowest BCUT2D eigenvalue weighted by Crippen LogP contribution is -2.40. The van der Waals surface area contributed by atoms with Crippen LogP contribution >= 0.6 is 0 Å². The summed E-state index contributed by atoms with van der Waals surface area (Å²) in [5.41, 5.74) is 1.08. The van der Waals surface area contributed by atoms with Gasteiger partial charge in [-0.1, -0.05) is 36.8 Å². The van der Waals surface area contributed by atoms with Gasteiger partial charge in [0.2, 0.25) is 10.0 Å². The van der Waals surface area contributed by atoms with Crippen LogP contribution in [0.1, 0.15) is 24.8 Å². The first-order valence-electron chi connectivity index (χ1n) is 7.15. The van der Waals surface area contributed by atoms with Gasteiger partial charge in [-0.25, -0.2) is 13.1 Å². The van der Waals surface area contributed by atoms with E-state index in [4.69, 9.17) is 4.74 Å². The molecule has 1 aliphatic rings. The topological polar surface area (TPSA) is 72.5 Å². The molecule has 1 N–H and O–H groups in total. The van der Waals surface area contributed by atoms with Gasteiger partial charge in [0.1, 0.15) is 0 Å². The number of esters is 1.